The van der Waals surface area contributed by atoms with Gasteiger partial charge in [0.1, 0.15) is 18.1 Å². The molecule has 0 unspecified atom stereocenters. The highest BCUT2D eigenvalue weighted by Gasteiger charge is 2.31. The summed E-state index contributed by atoms with van der Waals surface area (Å²) in [7, 11) is 0. The number of ether oxygens (including phenoxy) is 1. The summed E-state index contributed by atoms with van der Waals surface area (Å²) in [5.41, 5.74) is 1.07. The van der Waals surface area contributed by atoms with Crippen LogP contribution >= 0.6 is 34.2 Å². The maximum absolute atomic E-state index is 12.6. The van der Waals surface area contributed by atoms with Crippen LogP contribution in [-0.4, -0.2) is 34.0 Å². The number of hydrogen-bond donors (Lipinski definition) is 3. The molecule has 0 aliphatic rings. The topological polar surface area (TPSA) is 96.4 Å². The first-order valence-electron chi connectivity index (χ1n) is 8.52. The molecule has 0 amide bonds. The van der Waals surface area contributed by atoms with Crippen molar-refractivity contribution in [1.29, 1.82) is 0 Å². The second-order valence-corrected chi connectivity index (χ2v) is 7.69. The van der Waals surface area contributed by atoms with Crippen LogP contribution in [0.15, 0.2) is 48.5 Å². The van der Waals surface area contributed by atoms with Gasteiger partial charge in [-0.05, 0) is 52.9 Å². The largest absolute Gasteiger partial charge is 0.573 e. The van der Waals surface area contributed by atoms with Crippen LogP contribution in [0.2, 0.25) is 5.02 Å². The third-order valence-corrected chi connectivity index (χ3v) is 4.66. The SMILES string of the molecule is O=C(O)CNc1nc(Nc2ccc(I)cc2Cl)cc(-c2cccc(OC(F)(F)F)c2)n1. The van der Waals surface area contributed by atoms with E-state index in [-0.39, 0.29) is 17.5 Å². The molecule has 0 aliphatic carbocycles. The molecular formula is C19H13ClF3IN4O3. The number of nitrogens with zero attached hydrogens (tertiary/aromatic N) is 2. The number of rotatable bonds is 7. The van der Waals surface area contributed by atoms with Crippen LogP contribution < -0.4 is 15.4 Å². The highest BCUT2D eigenvalue weighted by Crippen LogP contribution is 2.31. The van der Waals surface area contributed by atoms with Gasteiger partial charge in [0.2, 0.25) is 5.95 Å². The van der Waals surface area contributed by atoms with Crippen molar-refractivity contribution in [2.24, 2.45) is 0 Å². The van der Waals surface area contributed by atoms with E-state index in [1.165, 1.54) is 24.3 Å². The molecule has 162 valence electrons. The smallest absolute Gasteiger partial charge is 0.480 e. The highest BCUT2D eigenvalue weighted by atomic mass is 127. The van der Waals surface area contributed by atoms with E-state index in [4.69, 9.17) is 16.7 Å². The summed E-state index contributed by atoms with van der Waals surface area (Å²) in [6.45, 7) is -0.454. The predicted molar refractivity (Wildman–Crippen MR) is 118 cm³/mol. The van der Waals surface area contributed by atoms with E-state index in [9.17, 15) is 18.0 Å². The van der Waals surface area contributed by atoms with E-state index in [0.29, 0.717) is 16.3 Å². The molecule has 31 heavy (non-hydrogen) atoms. The lowest BCUT2D eigenvalue weighted by atomic mass is 10.1. The Hall–Kier alpha value is -2.80. The normalized spacial score (nSPS) is 11.1. The Morgan fingerprint density at radius 2 is 1.94 bits per heavy atom. The molecule has 0 atom stereocenters. The Labute approximate surface area is 192 Å². The summed E-state index contributed by atoms with van der Waals surface area (Å²) in [6.07, 6.45) is -4.84. The standard InChI is InChI=1S/C19H13ClF3IN4O3/c20-13-7-11(24)4-5-14(13)26-16-8-15(27-18(28-16)25-9-17(29)30)10-2-1-3-12(6-10)31-19(21,22)23/h1-8H,9H2,(H,29,30)(H2,25,26,27,28). The summed E-state index contributed by atoms with van der Waals surface area (Å²) in [5, 5.41) is 14.9. The van der Waals surface area contributed by atoms with Crippen LogP contribution in [0.25, 0.3) is 11.3 Å². The lowest BCUT2D eigenvalue weighted by Gasteiger charge is -2.13. The maximum Gasteiger partial charge on any atom is 0.573 e. The quantitative estimate of drug-likeness (QED) is 0.324. The number of benzene rings is 2. The average molecular weight is 565 g/mol. The minimum absolute atomic E-state index is 0.0359. The molecule has 1 aromatic heterocycles. The van der Waals surface area contributed by atoms with Gasteiger partial charge in [-0.2, -0.15) is 4.98 Å². The molecule has 3 rings (SSSR count). The molecule has 0 saturated heterocycles. The molecule has 3 N–H and O–H groups in total. The van der Waals surface area contributed by atoms with Gasteiger partial charge in [0.15, 0.2) is 0 Å². The molecular weight excluding hydrogens is 552 g/mol. The first-order chi connectivity index (χ1) is 14.6. The van der Waals surface area contributed by atoms with Crippen molar-refractivity contribution in [1.82, 2.24) is 9.97 Å². The summed E-state index contributed by atoms with van der Waals surface area (Å²) >= 11 is 8.34. The molecule has 0 saturated carbocycles. The van der Waals surface area contributed by atoms with Crippen LogP contribution in [0.5, 0.6) is 5.75 Å². The second kappa shape index (κ2) is 9.56. The first-order valence-corrected chi connectivity index (χ1v) is 9.98. The molecule has 0 fully saturated rings. The molecule has 7 nitrogen and oxygen atoms in total. The zero-order valence-electron chi connectivity index (χ0n) is 15.4. The number of alkyl halides is 3. The first kappa shape index (κ1) is 22.9. The number of carboxylic acids is 1. The lowest BCUT2D eigenvalue weighted by Crippen LogP contribution is -2.17. The van der Waals surface area contributed by atoms with Crippen LogP contribution in [0.3, 0.4) is 0 Å². The number of hydrogen-bond acceptors (Lipinski definition) is 6. The van der Waals surface area contributed by atoms with Gasteiger partial charge in [0, 0.05) is 15.2 Å². The number of aliphatic carboxylic acids is 1. The monoisotopic (exact) mass is 564 g/mol. The number of anilines is 3. The van der Waals surface area contributed by atoms with Gasteiger partial charge >= 0.3 is 12.3 Å². The van der Waals surface area contributed by atoms with Crippen molar-refractivity contribution in [3.05, 3.63) is 57.1 Å². The summed E-state index contributed by atoms with van der Waals surface area (Å²) in [4.78, 5) is 19.3. The lowest BCUT2D eigenvalue weighted by molar-refractivity contribution is -0.274. The minimum Gasteiger partial charge on any atom is -0.480 e. The van der Waals surface area contributed by atoms with Crippen molar-refractivity contribution >= 4 is 57.6 Å². The van der Waals surface area contributed by atoms with E-state index in [0.717, 1.165) is 9.64 Å². The van der Waals surface area contributed by atoms with Gasteiger partial charge in [-0.1, -0.05) is 23.7 Å². The molecule has 1 heterocycles. The molecule has 0 radical (unpaired) electrons. The molecule has 0 aliphatic heterocycles. The molecule has 2 aromatic carbocycles. The van der Waals surface area contributed by atoms with Crippen molar-refractivity contribution in [2.45, 2.75) is 6.36 Å². The van der Waals surface area contributed by atoms with E-state index in [2.05, 4.69) is 47.9 Å². The zero-order valence-corrected chi connectivity index (χ0v) is 18.3. The summed E-state index contributed by atoms with van der Waals surface area (Å²) < 4.78 is 42.5. The number of nitrogens with one attached hydrogen (secondary N) is 2. The van der Waals surface area contributed by atoms with Crippen LogP contribution in [0, 0.1) is 3.57 Å². The van der Waals surface area contributed by atoms with E-state index < -0.39 is 24.6 Å². The average Bonchev–Trinajstić information content (AvgIpc) is 2.67. The van der Waals surface area contributed by atoms with Gasteiger partial charge in [-0.25, -0.2) is 4.98 Å². The van der Waals surface area contributed by atoms with Crippen molar-refractivity contribution in [3.63, 3.8) is 0 Å². The molecule has 12 heteroatoms. The Bertz CT molecular complexity index is 1110. The molecule has 3 aromatic rings. The molecule has 0 bridgehead atoms. The molecule has 0 spiro atoms. The maximum atomic E-state index is 12.6. The van der Waals surface area contributed by atoms with Gasteiger partial charge in [-0.3, -0.25) is 4.79 Å². The van der Waals surface area contributed by atoms with Crippen molar-refractivity contribution in [2.75, 3.05) is 17.2 Å². The van der Waals surface area contributed by atoms with E-state index >= 15 is 0 Å². The minimum atomic E-state index is -4.84. The Morgan fingerprint density at radius 3 is 2.61 bits per heavy atom. The van der Waals surface area contributed by atoms with Crippen molar-refractivity contribution in [3.8, 4) is 17.0 Å². The fourth-order valence-electron chi connectivity index (χ4n) is 2.47. The van der Waals surface area contributed by atoms with Crippen molar-refractivity contribution < 1.29 is 27.8 Å². The van der Waals surface area contributed by atoms with Gasteiger partial charge in [0.05, 0.1) is 16.4 Å². The van der Waals surface area contributed by atoms with E-state index in [1.54, 1.807) is 12.1 Å². The van der Waals surface area contributed by atoms with E-state index in [1.807, 2.05) is 6.07 Å². The number of carboxylic acid groups (broad SMARTS) is 1. The third-order valence-electron chi connectivity index (χ3n) is 3.68. The summed E-state index contributed by atoms with van der Waals surface area (Å²) in [6, 6.07) is 12.0. The van der Waals surface area contributed by atoms with Gasteiger partial charge < -0.3 is 20.5 Å². The third kappa shape index (κ3) is 6.85. The fraction of sp³-hybridized carbons (Fsp3) is 0.105. The Balaban J connectivity index is 1.99. The highest BCUT2D eigenvalue weighted by molar-refractivity contribution is 14.1. The number of halogens is 5. The number of aromatic nitrogens is 2. The zero-order chi connectivity index (χ0) is 22.6. The van der Waals surface area contributed by atoms with Gasteiger partial charge in [-0.15, -0.1) is 13.2 Å². The number of carbonyl (C=O) groups is 1. The Morgan fingerprint density at radius 1 is 1.16 bits per heavy atom. The second-order valence-electron chi connectivity index (χ2n) is 6.03. The van der Waals surface area contributed by atoms with Crippen LogP contribution in [0.1, 0.15) is 0 Å². The Kier molecular flexibility index (Phi) is 7.05. The van der Waals surface area contributed by atoms with Gasteiger partial charge in [0.25, 0.3) is 0 Å². The predicted octanol–water partition coefficient (Wildman–Crippen LogP) is 5.54. The van der Waals surface area contributed by atoms with Crippen LogP contribution in [-0.2, 0) is 4.79 Å². The summed E-state index contributed by atoms with van der Waals surface area (Å²) in [5.74, 6) is -1.34. The van der Waals surface area contributed by atoms with Crippen LogP contribution in [0.4, 0.5) is 30.6 Å². The fourth-order valence-corrected chi connectivity index (χ4v) is 3.38.